The van der Waals surface area contributed by atoms with Crippen LogP contribution in [0.3, 0.4) is 0 Å². The van der Waals surface area contributed by atoms with Crippen LogP contribution < -0.4 is 10.6 Å². The summed E-state index contributed by atoms with van der Waals surface area (Å²) in [6, 6.07) is 7.43. The van der Waals surface area contributed by atoms with Crippen molar-refractivity contribution >= 4 is 22.6 Å². The fourth-order valence-electron chi connectivity index (χ4n) is 2.29. The molecule has 1 aromatic heterocycles. The molecule has 0 fully saturated rings. The molecule has 2 rings (SSSR count). The molecule has 5 nitrogen and oxygen atoms in total. The molecule has 108 valence electrons. The first-order valence-corrected chi connectivity index (χ1v) is 6.85. The van der Waals surface area contributed by atoms with E-state index in [1.165, 1.54) is 0 Å². The van der Waals surface area contributed by atoms with Crippen LogP contribution in [0.4, 0.5) is 10.5 Å². The number of nitrogens with one attached hydrogen (secondary N) is 3. The quantitative estimate of drug-likeness (QED) is 0.677. The van der Waals surface area contributed by atoms with Crippen LogP contribution >= 0.6 is 0 Å². The van der Waals surface area contributed by atoms with Crippen LogP contribution in [0.25, 0.3) is 10.9 Å². The molecule has 0 aliphatic carbocycles. The van der Waals surface area contributed by atoms with E-state index in [9.17, 15) is 9.90 Å². The van der Waals surface area contributed by atoms with Crippen LogP contribution in [0.15, 0.2) is 30.5 Å². The summed E-state index contributed by atoms with van der Waals surface area (Å²) in [4.78, 5) is 15.0. The number of hydrogen-bond donors (Lipinski definition) is 4. The molecule has 0 radical (unpaired) electrons. The Labute approximate surface area is 118 Å². The van der Waals surface area contributed by atoms with Crippen molar-refractivity contribution in [3.05, 3.63) is 30.5 Å². The molecule has 20 heavy (non-hydrogen) atoms. The lowest BCUT2D eigenvalue weighted by molar-refractivity contribution is 0.163. The summed E-state index contributed by atoms with van der Waals surface area (Å²) in [5, 5.41) is 15.9. The molecule has 0 saturated carbocycles. The van der Waals surface area contributed by atoms with E-state index in [0.717, 1.165) is 16.6 Å². The number of aromatic amines is 1. The molecule has 0 aliphatic rings. The highest BCUT2D eigenvalue weighted by molar-refractivity contribution is 6.00. The van der Waals surface area contributed by atoms with Crippen LogP contribution in [0.5, 0.6) is 0 Å². The predicted molar refractivity (Wildman–Crippen MR) is 80.8 cm³/mol. The average Bonchev–Trinajstić information content (AvgIpc) is 2.85. The van der Waals surface area contributed by atoms with Gasteiger partial charge in [-0.3, -0.25) is 0 Å². The summed E-state index contributed by atoms with van der Waals surface area (Å²) < 4.78 is 0. The SMILES string of the molecule is C[C@H](CNC(=O)Nc1cccc2[nH]ccc12)C[C@H](C)O. The lowest BCUT2D eigenvalue weighted by atomic mass is 10.1. The van der Waals surface area contributed by atoms with Gasteiger partial charge < -0.3 is 20.7 Å². The molecule has 2 amide bonds. The van der Waals surface area contributed by atoms with Crippen molar-refractivity contribution in [1.29, 1.82) is 0 Å². The maximum atomic E-state index is 11.9. The number of aliphatic hydroxyl groups is 1. The zero-order valence-corrected chi connectivity index (χ0v) is 11.8. The zero-order valence-electron chi connectivity index (χ0n) is 11.8. The highest BCUT2D eigenvalue weighted by Crippen LogP contribution is 2.21. The Hall–Kier alpha value is -2.01. The number of urea groups is 1. The summed E-state index contributed by atoms with van der Waals surface area (Å²) >= 11 is 0. The number of rotatable bonds is 5. The van der Waals surface area contributed by atoms with Gasteiger partial charge in [-0.15, -0.1) is 0 Å². The lowest BCUT2D eigenvalue weighted by Crippen LogP contribution is -2.33. The van der Waals surface area contributed by atoms with Gasteiger partial charge in [-0.2, -0.15) is 0 Å². The van der Waals surface area contributed by atoms with Gasteiger partial charge in [0.05, 0.1) is 11.8 Å². The molecule has 0 spiro atoms. The number of benzene rings is 1. The first kappa shape index (κ1) is 14.4. The minimum atomic E-state index is -0.344. The van der Waals surface area contributed by atoms with E-state index in [1.807, 2.05) is 37.4 Å². The van der Waals surface area contributed by atoms with Gasteiger partial charge in [0.15, 0.2) is 0 Å². The third-order valence-corrected chi connectivity index (χ3v) is 3.20. The fraction of sp³-hybridized carbons (Fsp3) is 0.400. The molecule has 4 N–H and O–H groups in total. The molecule has 2 aromatic rings. The predicted octanol–water partition coefficient (Wildman–Crippen LogP) is 2.70. The Morgan fingerprint density at radius 1 is 1.35 bits per heavy atom. The summed E-state index contributed by atoms with van der Waals surface area (Å²) in [5.74, 6) is 0.240. The standard InChI is InChI=1S/C15H21N3O2/c1-10(8-11(2)19)9-17-15(20)18-14-5-3-4-13-12(14)6-7-16-13/h3-7,10-11,16,19H,8-9H2,1-2H3,(H2,17,18,20)/t10-,11-/m0/s1. The van der Waals surface area contributed by atoms with Gasteiger partial charge in [-0.05, 0) is 37.5 Å². The van der Waals surface area contributed by atoms with E-state index in [4.69, 9.17) is 0 Å². The minimum Gasteiger partial charge on any atom is -0.393 e. The number of hydrogen-bond acceptors (Lipinski definition) is 2. The first-order chi connectivity index (χ1) is 9.56. The number of anilines is 1. The second kappa shape index (κ2) is 6.43. The number of carbonyl (C=O) groups excluding carboxylic acids is 1. The molecule has 1 aromatic carbocycles. The van der Waals surface area contributed by atoms with Crippen molar-refractivity contribution in [3.63, 3.8) is 0 Å². The Kier molecular flexibility index (Phi) is 4.63. The van der Waals surface area contributed by atoms with Gasteiger partial charge >= 0.3 is 6.03 Å². The monoisotopic (exact) mass is 275 g/mol. The van der Waals surface area contributed by atoms with Crippen LogP contribution in [0.2, 0.25) is 0 Å². The maximum absolute atomic E-state index is 11.9. The van der Waals surface area contributed by atoms with Crippen LogP contribution in [-0.4, -0.2) is 28.8 Å². The van der Waals surface area contributed by atoms with Gasteiger partial charge in [-0.1, -0.05) is 13.0 Å². The zero-order chi connectivity index (χ0) is 14.5. The fourth-order valence-corrected chi connectivity index (χ4v) is 2.29. The average molecular weight is 275 g/mol. The number of aromatic nitrogens is 1. The van der Waals surface area contributed by atoms with Crippen molar-refractivity contribution in [2.45, 2.75) is 26.4 Å². The van der Waals surface area contributed by atoms with Crippen LogP contribution in [0.1, 0.15) is 20.3 Å². The van der Waals surface area contributed by atoms with E-state index in [2.05, 4.69) is 15.6 Å². The van der Waals surface area contributed by atoms with Gasteiger partial charge in [-0.25, -0.2) is 4.79 Å². The van der Waals surface area contributed by atoms with Crippen molar-refractivity contribution in [1.82, 2.24) is 10.3 Å². The topological polar surface area (TPSA) is 77.2 Å². The molecule has 0 saturated heterocycles. The smallest absolute Gasteiger partial charge is 0.319 e. The van der Waals surface area contributed by atoms with Gasteiger partial charge in [0, 0.05) is 23.6 Å². The van der Waals surface area contributed by atoms with E-state index in [-0.39, 0.29) is 18.1 Å². The van der Waals surface area contributed by atoms with E-state index < -0.39 is 0 Å². The first-order valence-electron chi connectivity index (χ1n) is 6.85. The third-order valence-electron chi connectivity index (χ3n) is 3.20. The number of H-pyrrole nitrogens is 1. The number of carbonyl (C=O) groups is 1. The molecule has 1 heterocycles. The van der Waals surface area contributed by atoms with Gasteiger partial charge in [0.1, 0.15) is 0 Å². The van der Waals surface area contributed by atoms with Gasteiger partial charge in [0.25, 0.3) is 0 Å². The minimum absolute atomic E-state index is 0.226. The van der Waals surface area contributed by atoms with E-state index in [0.29, 0.717) is 13.0 Å². The van der Waals surface area contributed by atoms with Crippen LogP contribution in [-0.2, 0) is 0 Å². The normalized spacial score (nSPS) is 13.9. The molecule has 0 aliphatic heterocycles. The number of fused-ring (bicyclic) bond motifs is 1. The highest BCUT2D eigenvalue weighted by Gasteiger charge is 2.09. The summed E-state index contributed by atoms with van der Waals surface area (Å²) in [6.07, 6.45) is 2.18. The van der Waals surface area contributed by atoms with Crippen molar-refractivity contribution in [2.75, 3.05) is 11.9 Å². The molecule has 2 atom stereocenters. The second-order valence-corrected chi connectivity index (χ2v) is 5.27. The summed E-state index contributed by atoms with van der Waals surface area (Å²) in [7, 11) is 0. The lowest BCUT2D eigenvalue weighted by Gasteiger charge is -2.15. The summed E-state index contributed by atoms with van der Waals surface area (Å²) in [6.45, 7) is 4.29. The molecule has 0 unspecified atom stereocenters. The Bertz CT molecular complexity index is 577. The second-order valence-electron chi connectivity index (χ2n) is 5.27. The number of aliphatic hydroxyl groups excluding tert-OH is 1. The molecule has 0 bridgehead atoms. The van der Waals surface area contributed by atoms with Gasteiger partial charge in [0.2, 0.25) is 0 Å². The van der Waals surface area contributed by atoms with E-state index >= 15 is 0 Å². The molecule has 5 heteroatoms. The van der Waals surface area contributed by atoms with Crippen molar-refractivity contribution in [2.24, 2.45) is 5.92 Å². The Morgan fingerprint density at radius 2 is 2.15 bits per heavy atom. The maximum Gasteiger partial charge on any atom is 0.319 e. The molecular formula is C15H21N3O2. The largest absolute Gasteiger partial charge is 0.393 e. The van der Waals surface area contributed by atoms with E-state index in [1.54, 1.807) is 6.92 Å². The van der Waals surface area contributed by atoms with Crippen LogP contribution in [0, 0.1) is 5.92 Å². The van der Waals surface area contributed by atoms with Crippen molar-refractivity contribution in [3.8, 4) is 0 Å². The third kappa shape index (κ3) is 3.74. The van der Waals surface area contributed by atoms with Crippen molar-refractivity contribution < 1.29 is 9.90 Å². The number of amides is 2. The molecular weight excluding hydrogens is 254 g/mol. The highest BCUT2D eigenvalue weighted by atomic mass is 16.3. The Balaban J connectivity index is 1.90. The summed E-state index contributed by atoms with van der Waals surface area (Å²) in [5.41, 5.74) is 1.77. The Morgan fingerprint density at radius 3 is 2.90 bits per heavy atom.